The Hall–Kier alpha value is -2.29. The molecule has 2 saturated heterocycles. The largest absolute Gasteiger partial charge is 0.442 e. The van der Waals surface area contributed by atoms with Crippen molar-refractivity contribution in [3.8, 4) is 0 Å². The number of amides is 2. The van der Waals surface area contributed by atoms with E-state index in [0.29, 0.717) is 23.7 Å². The lowest BCUT2D eigenvalue weighted by Gasteiger charge is -2.28. The fraction of sp³-hybridized carbons (Fsp3) is 0.438. The van der Waals surface area contributed by atoms with Crippen LogP contribution in [0.3, 0.4) is 0 Å². The van der Waals surface area contributed by atoms with Gasteiger partial charge in [0.1, 0.15) is 11.9 Å². The van der Waals surface area contributed by atoms with Gasteiger partial charge in [-0.25, -0.2) is 9.18 Å². The van der Waals surface area contributed by atoms with Gasteiger partial charge in [-0.2, -0.15) is 0 Å². The number of anilines is 2. The van der Waals surface area contributed by atoms with Gasteiger partial charge in [0, 0.05) is 19.2 Å². The zero-order valence-electron chi connectivity index (χ0n) is 13.7. The topological polar surface area (TPSA) is 79.0 Å². The molecule has 2 aliphatic rings. The van der Waals surface area contributed by atoms with Gasteiger partial charge in [-0.15, -0.1) is 0 Å². The molecule has 134 valence electrons. The third-order valence-corrected chi connectivity index (χ3v) is 4.82. The van der Waals surface area contributed by atoms with Gasteiger partial charge in [0.05, 0.1) is 31.0 Å². The number of carbonyl (C=O) groups excluding carboxylic acids is 3. The summed E-state index contributed by atoms with van der Waals surface area (Å²) in [7, 11) is 0. The number of halogens is 1. The van der Waals surface area contributed by atoms with E-state index in [1.807, 2.05) is 0 Å². The summed E-state index contributed by atoms with van der Waals surface area (Å²) in [6, 6.07) is 4.47. The molecule has 0 aliphatic carbocycles. The molecule has 0 spiro atoms. The van der Waals surface area contributed by atoms with E-state index in [1.54, 1.807) is 17.0 Å². The average molecular weight is 367 g/mol. The van der Waals surface area contributed by atoms with Crippen LogP contribution in [0, 0.1) is 5.82 Å². The standard InChI is InChI=1S/C16H18FN3O4S/c1-10(21)18-7-12-8-20(16(23)24-12)11-2-3-14(13(17)6-11)19-4-5-25-15(22)9-19/h2-3,6,12H,4-5,7-9H2,1H3,(H,18,21)/t12-/m0/s1. The summed E-state index contributed by atoms with van der Waals surface area (Å²) < 4.78 is 19.7. The van der Waals surface area contributed by atoms with Crippen LogP contribution in [-0.4, -0.2) is 55.2 Å². The summed E-state index contributed by atoms with van der Waals surface area (Å²) in [5.41, 5.74) is 0.731. The molecule has 2 fully saturated rings. The summed E-state index contributed by atoms with van der Waals surface area (Å²) >= 11 is 1.25. The molecule has 0 aromatic heterocycles. The maximum absolute atomic E-state index is 14.5. The van der Waals surface area contributed by atoms with E-state index in [2.05, 4.69) is 5.32 Å². The Morgan fingerprint density at radius 3 is 2.92 bits per heavy atom. The number of hydrogen-bond donors (Lipinski definition) is 1. The predicted molar refractivity (Wildman–Crippen MR) is 92.4 cm³/mol. The minimum atomic E-state index is -0.577. The number of nitrogens with zero attached hydrogens (tertiary/aromatic N) is 2. The summed E-state index contributed by atoms with van der Waals surface area (Å²) in [4.78, 5) is 37.5. The number of ether oxygens (including phenoxy) is 1. The first-order valence-corrected chi connectivity index (χ1v) is 8.85. The van der Waals surface area contributed by atoms with Crippen molar-refractivity contribution in [2.24, 2.45) is 0 Å². The van der Waals surface area contributed by atoms with E-state index >= 15 is 0 Å². The molecular formula is C16H18FN3O4S. The Morgan fingerprint density at radius 1 is 1.44 bits per heavy atom. The Bertz CT molecular complexity index is 715. The van der Waals surface area contributed by atoms with E-state index in [-0.39, 0.29) is 30.7 Å². The van der Waals surface area contributed by atoms with Gasteiger partial charge in [0.25, 0.3) is 0 Å². The maximum Gasteiger partial charge on any atom is 0.414 e. The predicted octanol–water partition coefficient (Wildman–Crippen LogP) is 1.37. The zero-order chi connectivity index (χ0) is 18.0. The first kappa shape index (κ1) is 17.5. The van der Waals surface area contributed by atoms with Gasteiger partial charge in [0.15, 0.2) is 0 Å². The summed E-state index contributed by atoms with van der Waals surface area (Å²) in [6.45, 7) is 2.59. The van der Waals surface area contributed by atoms with E-state index < -0.39 is 18.0 Å². The lowest BCUT2D eigenvalue weighted by molar-refractivity contribution is -0.119. The van der Waals surface area contributed by atoms with Crippen LogP contribution in [0.15, 0.2) is 18.2 Å². The van der Waals surface area contributed by atoms with Crippen LogP contribution in [0.4, 0.5) is 20.6 Å². The smallest absolute Gasteiger partial charge is 0.414 e. The molecule has 2 aliphatic heterocycles. The van der Waals surface area contributed by atoms with Gasteiger partial charge in [-0.05, 0) is 18.2 Å². The van der Waals surface area contributed by atoms with Crippen LogP contribution in [0.2, 0.25) is 0 Å². The second-order valence-corrected chi connectivity index (χ2v) is 6.98. The molecule has 1 N–H and O–H groups in total. The van der Waals surface area contributed by atoms with Crippen molar-refractivity contribution in [1.82, 2.24) is 5.32 Å². The zero-order valence-corrected chi connectivity index (χ0v) is 14.5. The number of benzene rings is 1. The van der Waals surface area contributed by atoms with Crippen LogP contribution in [0.5, 0.6) is 0 Å². The normalized spacial score (nSPS) is 20.6. The number of nitrogens with one attached hydrogen (secondary N) is 1. The highest BCUT2D eigenvalue weighted by atomic mass is 32.2. The molecule has 2 amide bonds. The monoisotopic (exact) mass is 367 g/mol. The van der Waals surface area contributed by atoms with Crippen LogP contribution in [0.1, 0.15) is 6.92 Å². The van der Waals surface area contributed by atoms with Crippen LogP contribution in [0.25, 0.3) is 0 Å². The molecule has 9 heteroatoms. The van der Waals surface area contributed by atoms with E-state index in [0.717, 1.165) is 0 Å². The fourth-order valence-electron chi connectivity index (χ4n) is 2.77. The third kappa shape index (κ3) is 4.04. The van der Waals surface area contributed by atoms with Gasteiger partial charge in [-0.1, -0.05) is 11.8 Å². The van der Waals surface area contributed by atoms with Crippen molar-refractivity contribution in [2.75, 3.05) is 41.7 Å². The molecule has 0 radical (unpaired) electrons. The molecule has 1 aromatic rings. The minimum Gasteiger partial charge on any atom is -0.442 e. The number of rotatable bonds is 4. The van der Waals surface area contributed by atoms with Gasteiger partial charge in [0.2, 0.25) is 11.0 Å². The molecule has 0 saturated carbocycles. The van der Waals surface area contributed by atoms with Gasteiger partial charge >= 0.3 is 6.09 Å². The number of thioether (sulfide) groups is 1. The third-order valence-electron chi connectivity index (χ3n) is 3.98. The molecule has 2 heterocycles. The first-order chi connectivity index (χ1) is 11.9. The molecule has 1 atom stereocenters. The highest BCUT2D eigenvalue weighted by molar-refractivity contribution is 8.13. The molecule has 7 nitrogen and oxygen atoms in total. The Labute approximate surface area is 148 Å². The first-order valence-electron chi connectivity index (χ1n) is 7.87. The number of cyclic esters (lactones) is 1. The molecular weight excluding hydrogens is 349 g/mol. The van der Waals surface area contributed by atoms with Crippen LogP contribution < -0.4 is 15.1 Å². The quantitative estimate of drug-likeness (QED) is 0.866. The molecule has 25 heavy (non-hydrogen) atoms. The fourth-order valence-corrected chi connectivity index (χ4v) is 3.56. The van der Waals surface area contributed by atoms with E-state index in [9.17, 15) is 18.8 Å². The summed E-state index contributed by atoms with van der Waals surface area (Å²) in [6.07, 6.45) is -1.05. The highest BCUT2D eigenvalue weighted by Crippen LogP contribution is 2.29. The van der Waals surface area contributed by atoms with Crippen molar-refractivity contribution >= 4 is 40.3 Å². The number of carbonyl (C=O) groups is 3. The van der Waals surface area contributed by atoms with Crippen LogP contribution >= 0.6 is 11.8 Å². The van der Waals surface area contributed by atoms with Crippen molar-refractivity contribution in [2.45, 2.75) is 13.0 Å². The van der Waals surface area contributed by atoms with Crippen LogP contribution in [-0.2, 0) is 14.3 Å². The Kier molecular flexibility index (Phi) is 5.12. The van der Waals surface area contributed by atoms with Crippen molar-refractivity contribution in [3.05, 3.63) is 24.0 Å². The Morgan fingerprint density at radius 2 is 2.24 bits per heavy atom. The maximum atomic E-state index is 14.5. The SMILES string of the molecule is CC(=O)NC[C@H]1CN(c2ccc(N3CCSC(=O)C3)c(F)c2)C(=O)O1. The molecule has 3 rings (SSSR count). The summed E-state index contributed by atoms with van der Waals surface area (Å²) in [5, 5.41) is 2.60. The average Bonchev–Trinajstić information content (AvgIpc) is 2.94. The van der Waals surface area contributed by atoms with E-state index in [4.69, 9.17) is 4.74 Å². The lowest BCUT2D eigenvalue weighted by atomic mass is 10.2. The van der Waals surface area contributed by atoms with Crippen molar-refractivity contribution in [3.63, 3.8) is 0 Å². The van der Waals surface area contributed by atoms with Gasteiger partial charge < -0.3 is 15.0 Å². The van der Waals surface area contributed by atoms with Crippen molar-refractivity contribution in [1.29, 1.82) is 0 Å². The summed E-state index contributed by atoms with van der Waals surface area (Å²) in [5.74, 6) is -0.0713. The highest BCUT2D eigenvalue weighted by Gasteiger charge is 2.33. The second-order valence-electron chi connectivity index (χ2n) is 5.83. The molecule has 1 aromatic carbocycles. The molecule has 0 bridgehead atoms. The Balaban J connectivity index is 1.71. The minimum absolute atomic E-state index is 0.0126. The number of hydrogen-bond acceptors (Lipinski definition) is 6. The van der Waals surface area contributed by atoms with Gasteiger partial charge in [-0.3, -0.25) is 14.5 Å². The second kappa shape index (κ2) is 7.30. The molecule has 0 unspecified atom stereocenters. The van der Waals surface area contributed by atoms with E-state index in [1.165, 1.54) is 29.7 Å². The lowest BCUT2D eigenvalue weighted by Crippen LogP contribution is -2.36. The van der Waals surface area contributed by atoms with Crippen molar-refractivity contribution < 1.29 is 23.5 Å².